The first-order valence-electron chi connectivity index (χ1n) is 6.35. The van der Waals surface area contributed by atoms with Gasteiger partial charge in [-0.25, -0.2) is 0 Å². The molecular weight excluding hydrogens is 248 g/mol. The molecule has 0 bridgehead atoms. The van der Waals surface area contributed by atoms with Crippen molar-refractivity contribution in [1.29, 1.82) is 0 Å². The third-order valence-corrected chi connectivity index (χ3v) is 3.39. The highest BCUT2D eigenvalue weighted by Crippen LogP contribution is 2.12. The van der Waals surface area contributed by atoms with E-state index in [2.05, 4.69) is 19.8 Å². The summed E-state index contributed by atoms with van der Waals surface area (Å²) in [5.41, 5.74) is 0. The molecule has 19 heavy (non-hydrogen) atoms. The average molecular weight is 268 g/mol. The smallest absolute Gasteiger partial charge is 0.308 e. The number of carbonyl (C=O) groups is 1. The number of hydrogen-bond donors (Lipinski definition) is 0. The van der Waals surface area contributed by atoms with Gasteiger partial charge in [0.25, 0.3) is 0 Å². The molecule has 1 aliphatic rings. The summed E-state index contributed by atoms with van der Waals surface area (Å²) in [4.78, 5) is 13.5. The fourth-order valence-electron chi connectivity index (χ4n) is 2.11. The first kappa shape index (κ1) is 14.0. The molecule has 7 heteroatoms. The summed E-state index contributed by atoms with van der Waals surface area (Å²) >= 11 is 0. The minimum absolute atomic E-state index is 0.101. The Morgan fingerprint density at radius 3 is 2.95 bits per heavy atom. The molecule has 1 fully saturated rings. The second-order valence-corrected chi connectivity index (χ2v) is 4.73. The highest BCUT2D eigenvalue weighted by molar-refractivity contribution is 5.69. The predicted molar refractivity (Wildman–Crippen MR) is 67.4 cm³/mol. The van der Waals surface area contributed by atoms with Gasteiger partial charge in [-0.2, -0.15) is 0 Å². The largest absolute Gasteiger partial charge is 0.469 e. The fourth-order valence-corrected chi connectivity index (χ4v) is 2.11. The van der Waals surface area contributed by atoms with Crippen LogP contribution in [0.1, 0.15) is 18.1 Å². The van der Waals surface area contributed by atoms with Crippen LogP contribution in [0, 0.1) is 6.92 Å². The Labute approximate surface area is 112 Å². The summed E-state index contributed by atoms with van der Waals surface area (Å²) in [6.07, 6.45) is 0.195. The SMILES string of the molecule is COC(=O)CC1CN(Cc2nnc(C)n2C)CCO1. The van der Waals surface area contributed by atoms with E-state index in [-0.39, 0.29) is 12.1 Å². The molecular formula is C12H20N4O3. The van der Waals surface area contributed by atoms with Gasteiger partial charge >= 0.3 is 5.97 Å². The summed E-state index contributed by atoms with van der Waals surface area (Å²) in [6.45, 7) is 4.82. The van der Waals surface area contributed by atoms with E-state index in [9.17, 15) is 4.79 Å². The van der Waals surface area contributed by atoms with Gasteiger partial charge in [-0.15, -0.1) is 10.2 Å². The molecule has 1 aromatic heterocycles. The number of ether oxygens (including phenoxy) is 2. The Hall–Kier alpha value is -1.47. The van der Waals surface area contributed by atoms with Crippen LogP contribution < -0.4 is 0 Å². The molecule has 1 atom stereocenters. The lowest BCUT2D eigenvalue weighted by Gasteiger charge is -2.31. The molecule has 0 radical (unpaired) electrons. The van der Waals surface area contributed by atoms with Gasteiger partial charge in [0.05, 0.1) is 32.8 Å². The molecule has 1 aliphatic heterocycles. The summed E-state index contributed by atoms with van der Waals surface area (Å²) in [6, 6.07) is 0. The van der Waals surface area contributed by atoms with E-state index in [0.29, 0.717) is 19.6 Å². The molecule has 0 N–H and O–H groups in total. The van der Waals surface area contributed by atoms with Crippen LogP contribution in [0.15, 0.2) is 0 Å². The van der Waals surface area contributed by atoms with Crippen molar-refractivity contribution >= 4 is 5.97 Å². The lowest BCUT2D eigenvalue weighted by Crippen LogP contribution is -2.43. The number of aryl methyl sites for hydroxylation is 1. The number of aromatic nitrogens is 3. The highest BCUT2D eigenvalue weighted by atomic mass is 16.5. The van der Waals surface area contributed by atoms with Crippen LogP contribution in [-0.2, 0) is 27.9 Å². The Morgan fingerprint density at radius 1 is 1.53 bits per heavy atom. The first-order chi connectivity index (χ1) is 9.10. The summed E-state index contributed by atoms with van der Waals surface area (Å²) in [5.74, 6) is 1.59. The van der Waals surface area contributed by atoms with Crippen LogP contribution in [0.5, 0.6) is 0 Å². The van der Waals surface area contributed by atoms with Gasteiger partial charge in [0.1, 0.15) is 11.6 Å². The minimum atomic E-state index is -0.235. The van der Waals surface area contributed by atoms with Crippen LogP contribution >= 0.6 is 0 Å². The van der Waals surface area contributed by atoms with Gasteiger partial charge in [0.2, 0.25) is 0 Å². The molecule has 1 aromatic rings. The average Bonchev–Trinajstić information content (AvgIpc) is 2.71. The number of methoxy groups -OCH3 is 1. The van der Waals surface area contributed by atoms with E-state index in [0.717, 1.165) is 24.7 Å². The van der Waals surface area contributed by atoms with Gasteiger partial charge in [0, 0.05) is 20.1 Å². The van der Waals surface area contributed by atoms with Crippen molar-refractivity contribution in [2.24, 2.45) is 7.05 Å². The molecule has 0 aliphatic carbocycles. The maximum Gasteiger partial charge on any atom is 0.308 e. The molecule has 0 saturated carbocycles. The number of hydrogen-bond acceptors (Lipinski definition) is 6. The molecule has 2 heterocycles. The number of rotatable bonds is 4. The van der Waals surface area contributed by atoms with E-state index >= 15 is 0 Å². The highest BCUT2D eigenvalue weighted by Gasteiger charge is 2.24. The molecule has 1 unspecified atom stereocenters. The van der Waals surface area contributed by atoms with E-state index in [4.69, 9.17) is 4.74 Å². The maximum atomic E-state index is 11.3. The van der Waals surface area contributed by atoms with E-state index < -0.39 is 0 Å². The second kappa shape index (κ2) is 6.12. The van der Waals surface area contributed by atoms with Crippen molar-refractivity contribution in [3.63, 3.8) is 0 Å². The van der Waals surface area contributed by atoms with Crippen molar-refractivity contribution in [2.75, 3.05) is 26.8 Å². The third kappa shape index (κ3) is 3.51. The molecule has 0 aromatic carbocycles. The molecule has 2 rings (SSSR count). The predicted octanol–water partition coefficient (Wildman–Crippen LogP) is -0.113. The van der Waals surface area contributed by atoms with Crippen LogP contribution in [0.2, 0.25) is 0 Å². The Morgan fingerprint density at radius 2 is 2.32 bits per heavy atom. The van der Waals surface area contributed by atoms with Crippen molar-refractivity contribution in [3.05, 3.63) is 11.6 Å². The maximum absolute atomic E-state index is 11.3. The van der Waals surface area contributed by atoms with Crippen LogP contribution in [0.25, 0.3) is 0 Å². The standard InChI is InChI=1S/C12H20N4O3/c1-9-13-14-11(15(9)2)8-16-4-5-19-10(7-16)6-12(17)18-3/h10H,4-8H2,1-3H3. The molecule has 106 valence electrons. The summed E-state index contributed by atoms with van der Waals surface area (Å²) in [5, 5.41) is 8.19. The van der Waals surface area contributed by atoms with Gasteiger partial charge in [-0.3, -0.25) is 9.69 Å². The van der Waals surface area contributed by atoms with Crippen molar-refractivity contribution in [2.45, 2.75) is 26.0 Å². The quantitative estimate of drug-likeness (QED) is 0.710. The molecule has 1 saturated heterocycles. The zero-order valence-electron chi connectivity index (χ0n) is 11.6. The second-order valence-electron chi connectivity index (χ2n) is 4.73. The van der Waals surface area contributed by atoms with E-state index in [1.165, 1.54) is 7.11 Å². The van der Waals surface area contributed by atoms with Crippen molar-refractivity contribution in [3.8, 4) is 0 Å². The third-order valence-electron chi connectivity index (χ3n) is 3.39. The molecule has 7 nitrogen and oxygen atoms in total. The van der Waals surface area contributed by atoms with Gasteiger partial charge in [0.15, 0.2) is 0 Å². The molecule has 0 amide bonds. The monoisotopic (exact) mass is 268 g/mol. The van der Waals surface area contributed by atoms with Crippen LogP contribution in [-0.4, -0.2) is 58.5 Å². The van der Waals surface area contributed by atoms with Crippen molar-refractivity contribution < 1.29 is 14.3 Å². The molecule has 0 spiro atoms. The van der Waals surface area contributed by atoms with Crippen LogP contribution in [0.3, 0.4) is 0 Å². The Kier molecular flexibility index (Phi) is 4.49. The van der Waals surface area contributed by atoms with Gasteiger partial charge in [-0.05, 0) is 6.92 Å². The van der Waals surface area contributed by atoms with E-state index in [1.54, 1.807) is 0 Å². The number of morpholine rings is 1. The topological polar surface area (TPSA) is 69.5 Å². The zero-order valence-corrected chi connectivity index (χ0v) is 11.6. The lowest BCUT2D eigenvalue weighted by molar-refractivity contribution is -0.145. The lowest BCUT2D eigenvalue weighted by atomic mass is 10.2. The minimum Gasteiger partial charge on any atom is -0.469 e. The zero-order chi connectivity index (χ0) is 13.8. The van der Waals surface area contributed by atoms with E-state index in [1.807, 2.05) is 18.5 Å². The number of esters is 1. The first-order valence-corrected chi connectivity index (χ1v) is 6.35. The fraction of sp³-hybridized carbons (Fsp3) is 0.750. The number of nitrogens with zero attached hydrogens (tertiary/aromatic N) is 4. The van der Waals surface area contributed by atoms with Crippen LogP contribution in [0.4, 0.5) is 0 Å². The Bertz CT molecular complexity index is 446. The number of carbonyl (C=O) groups excluding carboxylic acids is 1. The summed E-state index contributed by atoms with van der Waals surface area (Å²) in [7, 11) is 3.35. The van der Waals surface area contributed by atoms with Gasteiger partial charge in [-0.1, -0.05) is 0 Å². The Balaban J connectivity index is 1.90. The normalized spacial score (nSPS) is 20.5. The van der Waals surface area contributed by atoms with Crippen molar-refractivity contribution in [1.82, 2.24) is 19.7 Å². The van der Waals surface area contributed by atoms with Gasteiger partial charge < -0.3 is 14.0 Å². The summed E-state index contributed by atoms with van der Waals surface area (Å²) < 4.78 is 12.2.